The number of aromatic nitrogens is 10. The summed E-state index contributed by atoms with van der Waals surface area (Å²) >= 11 is 0. The Hall–Kier alpha value is -6.52. The molecule has 0 bridgehead atoms. The first-order chi connectivity index (χ1) is 22.2. The lowest BCUT2D eigenvalue weighted by molar-refractivity contribution is 0.231. The second kappa shape index (κ2) is 11.2. The van der Waals surface area contributed by atoms with Crippen molar-refractivity contribution in [2.45, 2.75) is 27.3 Å². The van der Waals surface area contributed by atoms with Crippen LogP contribution in [-0.4, -0.2) is 56.8 Å². The molecule has 0 amide bonds. The quantitative estimate of drug-likeness (QED) is 0.235. The molecule has 6 aromatic heterocycles. The molecule has 232 valence electrons. The topological polar surface area (TPSA) is 230 Å². The Morgan fingerprint density at radius 1 is 0.804 bits per heavy atom. The van der Waals surface area contributed by atoms with E-state index in [4.69, 9.17) is 30.8 Å². The highest BCUT2D eigenvalue weighted by atomic mass is 16.5. The Kier molecular flexibility index (Phi) is 6.88. The summed E-state index contributed by atoms with van der Waals surface area (Å²) < 4.78 is 18.1. The molecule has 17 nitrogen and oxygen atoms in total. The number of ether oxygens (including phenoxy) is 1. The number of nitrogens with two attached hydrogens (primary N) is 3. The van der Waals surface area contributed by atoms with Crippen molar-refractivity contribution in [1.29, 1.82) is 0 Å². The number of benzene rings is 1. The fraction of sp³-hybridized carbons (Fsp3) is 0.172. The standard InChI is InChI=1S/C17H17N7O.C12H11N7O2/c1-9-7-11(4-5-12(9)18)8-24-16-15(22-23-24)14(20-17(19)21-16)13-6-3-10(2)25-13;1-7-5-18(6-21-7)19-11-10(16-17-19)9(14-12(13)15-11)8-3-2-4-20-8/h3-7H,8,18H2,1-2H3,(H2,19,20,21);2-5H,6H2,1H3,(H2,13,14,15). The van der Waals surface area contributed by atoms with Crippen LogP contribution < -0.4 is 22.2 Å². The molecule has 1 aliphatic heterocycles. The fourth-order valence-electron chi connectivity index (χ4n) is 4.86. The van der Waals surface area contributed by atoms with Crippen molar-refractivity contribution in [3.63, 3.8) is 0 Å². The Labute approximate surface area is 260 Å². The second-order valence-electron chi connectivity index (χ2n) is 10.5. The second-order valence-corrected chi connectivity index (χ2v) is 10.5. The molecule has 0 saturated heterocycles. The molecule has 1 aromatic carbocycles. The Morgan fingerprint density at radius 3 is 2.22 bits per heavy atom. The molecule has 6 N–H and O–H groups in total. The lowest BCUT2D eigenvalue weighted by Crippen LogP contribution is -2.28. The van der Waals surface area contributed by atoms with Crippen molar-refractivity contribution < 1.29 is 13.6 Å². The zero-order valence-corrected chi connectivity index (χ0v) is 25.0. The summed E-state index contributed by atoms with van der Waals surface area (Å²) in [5, 5.41) is 18.4. The van der Waals surface area contributed by atoms with Crippen molar-refractivity contribution in [2.75, 3.05) is 28.9 Å². The van der Waals surface area contributed by atoms with Crippen LogP contribution in [0.25, 0.3) is 45.2 Å². The molecule has 0 spiro atoms. The van der Waals surface area contributed by atoms with E-state index in [0.717, 1.165) is 28.3 Å². The number of aryl methyl sites for hydroxylation is 2. The molecule has 46 heavy (non-hydrogen) atoms. The molecular formula is C29H28N14O3. The van der Waals surface area contributed by atoms with Gasteiger partial charge in [0, 0.05) is 5.69 Å². The molecule has 7 aromatic rings. The average Bonchev–Trinajstić information content (AvgIpc) is 3.87. The summed E-state index contributed by atoms with van der Waals surface area (Å²) in [6.07, 6.45) is 3.36. The van der Waals surface area contributed by atoms with Crippen LogP contribution in [-0.2, 0) is 11.3 Å². The lowest BCUT2D eigenvalue weighted by Gasteiger charge is -2.12. The number of nitrogen functional groups attached to an aromatic ring is 3. The number of furan rings is 2. The van der Waals surface area contributed by atoms with Gasteiger partial charge in [0.2, 0.25) is 17.5 Å². The number of fused-ring (bicyclic) bond motifs is 2. The minimum absolute atomic E-state index is 0.123. The summed E-state index contributed by atoms with van der Waals surface area (Å²) in [6, 6.07) is 13.1. The van der Waals surface area contributed by atoms with Gasteiger partial charge in [-0.1, -0.05) is 17.3 Å². The van der Waals surface area contributed by atoms with Crippen molar-refractivity contribution in [3.05, 3.63) is 77.6 Å². The van der Waals surface area contributed by atoms with Crippen LogP contribution in [0.5, 0.6) is 0 Å². The van der Waals surface area contributed by atoms with Gasteiger partial charge in [-0.2, -0.15) is 9.97 Å². The van der Waals surface area contributed by atoms with Crippen LogP contribution in [0.1, 0.15) is 23.8 Å². The molecule has 0 fully saturated rings. The molecule has 8 rings (SSSR count). The summed E-state index contributed by atoms with van der Waals surface area (Å²) in [5.41, 5.74) is 23.5. The fourth-order valence-corrected chi connectivity index (χ4v) is 4.86. The first-order valence-electron chi connectivity index (χ1n) is 14.0. The molecule has 0 atom stereocenters. The third-order valence-corrected chi connectivity index (χ3v) is 7.08. The Balaban J connectivity index is 0.000000149. The summed E-state index contributed by atoms with van der Waals surface area (Å²) in [4.78, 5) is 18.5. The van der Waals surface area contributed by atoms with Gasteiger partial charge >= 0.3 is 0 Å². The van der Waals surface area contributed by atoms with Gasteiger partial charge in [0.15, 0.2) is 34.9 Å². The molecule has 0 aliphatic carbocycles. The van der Waals surface area contributed by atoms with Crippen LogP contribution in [0.15, 0.2) is 69.5 Å². The van der Waals surface area contributed by atoms with E-state index >= 15 is 0 Å². The van der Waals surface area contributed by atoms with Gasteiger partial charge in [0.25, 0.3) is 0 Å². The lowest BCUT2D eigenvalue weighted by atomic mass is 10.1. The van der Waals surface area contributed by atoms with E-state index in [2.05, 4.69) is 40.6 Å². The zero-order chi connectivity index (χ0) is 31.9. The summed E-state index contributed by atoms with van der Waals surface area (Å²) in [5.74, 6) is 2.99. The molecule has 0 saturated carbocycles. The van der Waals surface area contributed by atoms with E-state index in [1.54, 1.807) is 34.3 Å². The van der Waals surface area contributed by atoms with Crippen LogP contribution in [0.4, 0.5) is 17.6 Å². The summed E-state index contributed by atoms with van der Waals surface area (Å²) in [6.45, 7) is 6.53. The van der Waals surface area contributed by atoms with Crippen LogP contribution in [0.2, 0.25) is 0 Å². The minimum atomic E-state index is 0.123. The van der Waals surface area contributed by atoms with Crippen molar-refractivity contribution in [3.8, 4) is 22.9 Å². The predicted molar refractivity (Wildman–Crippen MR) is 168 cm³/mol. The van der Waals surface area contributed by atoms with Gasteiger partial charge in [-0.3, -0.25) is 0 Å². The van der Waals surface area contributed by atoms with Gasteiger partial charge in [-0.15, -0.1) is 15.0 Å². The number of hydrogen-bond acceptors (Lipinski definition) is 15. The third-order valence-electron chi connectivity index (χ3n) is 7.08. The zero-order valence-electron chi connectivity index (χ0n) is 25.0. The number of rotatable bonds is 5. The van der Waals surface area contributed by atoms with Crippen molar-refractivity contribution >= 4 is 39.9 Å². The van der Waals surface area contributed by atoms with Crippen LogP contribution in [0, 0.1) is 13.8 Å². The van der Waals surface area contributed by atoms with Crippen LogP contribution in [0.3, 0.4) is 0 Å². The first kappa shape index (κ1) is 28.3. The van der Waals surface area contributed by atoms with E-state index in [9.17, 15) is 0 Å². The highest BCUT2D eigenvalue weighted by Crippen LogP contribution is 2.28. The maximum Gasteiger partial charge on any atom is 0.222 e. The molecule has 0 radical (unpaired) electrons. The van der Waals surface area contributed by atoms with Gasteiger partial charge in [-0.25, -0.2) is 19.7 Å². The molecule has 17 heteroatoms. The van der Waals surface area contributed by atoms with E-state index in [1.165, 1.54) is 4.79 Å². The van der Waals surface area contributed by atoms with Gasteiger partial charge in [0.1, 0.15) is 22.9 Å². The van der Waals surface area contributed by atoms with E-state index in [1.807, 2.05) is 51.1 Å². The monoisotopic (exact) mass is 620 g/mol. The largest absolute Gasteiger partial charge is 0.474 e. The van der Waals surface area contributed by atoms with Gasteiger partial charge in [0.05, 0.1) is 19.0 Å². The Morgan fingerprint density at radius 2 is 1.54 bits per heavy atom. The highest BCUT2D eigenvalue weighted by molar-refractivity contribution is 5.87. The van der Waals surface area contributed by atoms with E-state index in [-0.39, 0.29) is 11.9 Å². The maximum absolute atomic E-state index is 5.88. The predicted octanol–water partition coefficient (Wildman–Crippen LogP) is 3.16. The average molecular weight is 621 g/mol. The number of nitrogens with zero attached hydrogens (tertiary/aromatic N) is 11. The first-order valence-corrected chi connectivity index (χ1v) is 14.0. The van der Waals surface area contributed by atoms with Crippen molar-refractivity contribution in [2.24, 2.45) is 0 Å². The number of hydrogen-bond donors (Lipinski definition) is 3. The SMILES string of the molecule is CC1=CN(n2nnc3c(-c4ccco4)nc(N)nc32)CO1.Cc1ccc(-c2nc(N)nc3c2nnn3Cc2ccc(N)c(C)c2)o1. The number of allylic oxidation sites excluding steroid dienone is 1. The molecular weight excluding hydrogens is 592 g/mol. The maximum atomic E-state index is 5.88. The third kappa shape index (κ3) is 5.25. The molecule has 7 heterocycles. The van der Waals surface area contributed by atoms with Crippen molar-refractivity contribution in [1.82, 2.24) is 50.0 Å². The minimum Gasteiger partial charge on any atom is -0.474 e. The molecule has 0 unspecified atom stereocenters. The summed E-state index contributed by atoms with van der Waals surface area (Å²) in [7, 11) is 0. The van der Waals surface area contributed by atoms with Crippen LogP contribution >= 0.6 is 0 Å². The Bertz CT molecular complexity index is 2230. The molecule has 1 aliphatic rings. The highest BCUT2D eigenvalue weighted by Gasteiger charge is 2.22. The smallest absolute Gasteiger partial charge is 0.222 e. The normalized spacial score (nSPS) is 12.8. The number of anilines is 3. The van der Waals surface area contributed by atoms with Gasteiger partial charge in [-0.05, 0) is 67.4 Å². The van der Waals surface area contributed by atoms with E-state index in [0.29, 0.717) is 58.5 Å². The van der Waals surface area contributed by atoms with Gasteiger partial charge < -0.3 is 30.8 Å². The van der Waals surface area contributed by atoms with E-state index < -0.39 is 0 Å².